The van der Waals surface area contributed by atoms with Crippen LogP contribution in [0.1, 0.15) is 55.1 Å². The highest BCUT2D eigenvalue weighted by Gasteiger charge is 2.31. The third-order valence-corrected chi connectivity index (χ3v) is 6.21. The lowest BCUT2D eigenvalue weighted by Gasteiger charge is -2.28. The number of rotatable bonds is 5. The van der Waals surface area contributed by atoms with Gasteiger partial charge >= 0.3 is 6.09 Å². The van der Waals surface area contributed by atoms with Crippen molar-refractivity contribution in [3.05, 3.63) is 131 Å². The molecule has 1 aliphatic carbocycles. The maximum Gasteiger partial charge on any atom is 0.408 e. The number of benzene rings is 4. The van der Waals surface area contributed by atoms with E-state index in [0.29, 0.717) is 0 Å². The summed E-state index contributed by atoms with van der Waals surface area (Å²) in [7, 11) is 0. The summed E-state index contributed by atoms with van der Waals surface area (Å²) in [6.45, 7) is 5.60. The van der Waals surface area contributed by atoms with Gasteiger partial charge in [-0.15, -0.1) is 0 Å². The van der Waals surface area contributed by atoms with Gasteiger partial charge in [-0.2, -0.15) is 0 Å². The van der Waals surface area contributed by atoms with Gasteiger partial charge in [0.05, 0.1) is 11.8 Å². The lowest BCUT2D eigenvalue weighted by Crippen LogP contribution is -2.37. The van der Waals surface area contributed by atoms with Gasteiger partial charge in [-0.25, -0.2) is 4.79 Å². The first-order chi connectivity index (χ1) is 17.4. The van der Waals surface area contributed by atoms with Crippen LogP contribution < -0.4 is 5.32 Å². The van der Waals surface area contributed by atoms with Crippen molar-refractivity contribution < 1.29 is 9.53 Å². The standard InChI is InChI=1S/C32H30N2O2/c1-32(2,3)36-31(35)34-29(23-16-8-5-9-17-23)28(22-14-6-4-7-15-22)33-30-26-20-12-10-18-24(26)25-19-11-13-21-27(25)30/h4-21,28-29H,1-3H3,(H,34,35)/t28-,29-/m1/s1. The molecule has 0 unspecified atom stereocenters. The molecule has 0 heterocycles. The van der Waals surface area contributed by atoms with Gasteiger partial charge in [-0.3, -0.25) is 4.99 Å². The Labute approximate surface area is 212 Å². The molecule has 4 aromatic carbocycles. The molecule has 1 amide bonds. The number of nitrogens with one attached hydrogen (secondary N) is 1. The van der Waals surface area contributed by atoms with Crippen molar-refractivity contribution in [2.24, 2.45) is 4.99 Å². The van der Waals surface area contributed by atoms with E-state index in [1.165, 1.54) is 11.1 Å². The van der Waals surface area contributed by atoms with E-state index in [9.17, 15) is 4.79 Å². The molecule has 0 aliphatic heterocycles. The fraction of sp³-hybridized carbons (Fsp3) is 0.188. The highest BCUT2D eigenvalue weighted by Crippen LogP contribution is 2.40. The number of aliphatic imine (C=N–C) groups is 1. The number of carbonyl (C=O) groups is 1. The normalized spacial score (nSPS) is 13.8. The molecule has 0 bridgehead atoms. The highest BCUT2D eigenvalue weighted by atomic mass is 16.6. The third-order valence-electron chi connectivity index (χ3n) is 6.21. The van der Waals surface area contributed by atoms with Crippen LogP contribution in [0.4, 0.5) is 4.79 Å². The summed E-state index contributed by atoms with van der Waals surface area (Å²) in [4.78, 5) is 18.4. The van der Waals surface area contributed by atoms with Crippen LogP contribution in [0.25, 0.3) is 11.1 Å². The van der Waals surface area contributed by atoms with Crippen molar-refractivity contribution in [2.75, 3.05) is 0 Å². The van der Waals surface area contributed by atoms with E-state index in [4.69, 9.17) is 9.73 Å². The van der Waals surface area contributed by atoms with E-state index in [1.807, 2.05) is 81.4 Å². The highest BCUT2D eigenvalue weighted by molar-refractivity contribution is 6.24. The Morgan fingerprint density at radius 3 is 1.61 bits per heavy atom. The first kappa shape index (κ1) is 23.6. The van der Waals surface area contributed by atoms with E-state index in [-0.39, 0.29) is 6.04 Å². The largest absolute Gasteiger partial charge is 0.444 e. The van der Waals surface area contributed by atoms with Crippen molar-refractivity contribution in [1.29, 1.82) is 0 Å². The summed E-state index contributed by atoms with van der Waals surface area (Å²) >= 11 is 0. The summed E-state index contributed by atoms with van der Waals surface area (Å²) in [6.07, 6.45) is -0.468. The lowest BCUT2D eigenvalue weighted by molar-refractivity contribution is 0.0496. The Balaban J connectivity index is 1.67. The Kier molecular flexibility index (Phi) is 6.43. The first-order valence-corrected chi connectivity index (χ1v) is 12.3. The van der Waals surface area contributed by atoms with E-state index in [0.717, 1.165) is 28.0 Å². The van der Waals surface area contributed by atoms with Crippen molar-refractivity contribution in [3.63, 3.8) is 0 Å². The molecule has 1 aliphatic rings. The molecule has 36 heavy (non-hydrogen) atoms. The van der Waals surface area contributed by atoms with Gasteiger partial charge in [0.25, 0.3) is 0 Å². The second-order valence-electron chi connectivity index (χ2n) is 9.96. The number of amides is 1. The van der Waals surface area contributed by atoms with Crippen molar-refractivity contribution >= 4 is 11.8 Å². The van der Waals surface area contributed by atoms with Gasteiger partial charge in [0.1, 0.15) is 11.6 Å². The number of nitrogens with zero attached hydrogens (tertiary/aromatic N) is 1. The van der Waals surface area contributed by atoms with Gasteiger partial charge in [-0.05, 0) is 43.0 Å². The van der Waals surface area contributed by atoms with Gasteiger partial charge in [-0.1, -0.05) is 109 Å². The Hall–Kier alpha value is -4.18. The van der Waals surface area contributed by atoms with Gasteiger partial charge in [0, 0.05) is 11.1 Å². The Morgan fingerprint density at radius 2 is 1.11 bits per heavy atom. The summed E-state index contributed by atoms with van der Waals surface area (Å²) in [6, 6.07) is 36.0. The summed E-state index contributed by atoms with van der Waals surface area (Å²) in [5, 5.41) is 3.14. The second kappa shape index (κ2) is 9.82. The number of hydrogen-bond donors (Lipinski definition) is 1. The second-order valence-corrected chi connectivity index (χ2v) is 9.96. The molecule has 1 N–H and O–H groups in total. The van der Waals surface area contributed by atoms with E-state index in [2.05, 4.69) is 53.8 Å². The fourth-order valence-electron chi connectivity index (χ4n) is 4.70. The van der Waals surface area contributed by atoms with Crippen molar-refractivity contribution in [2.45, 2.75) is 38.5 Å². The first-order valence-electron chi connectivity index (χ1n) is 12.3. The van der Waals surface area contributed by atoms with Crippen LogP contribution in [0.15, 0.2) is 114 Å². The molecule has 180 valence electrons. The minimum absolute atomic E-state index is 0.379. The third kappa shape index (κ3) is 4.94. The maximum atomic E-state index is 13.0. The zero-order valence-electron chi connectivity index (χ0n) is 20.8. The molecule has 0 radical (unpaired) electrons. The van der Waals surface area contributed by atoms with Gasteiger partial charge in [0.15, 0.2) is 0 Å². The predicted octanol–water partition coefficient (Wildman–Crippen LogP) is 7.51. The topological polar surface area (TPSA) is 50.7 Å². The number of alkyl carbamates (subject to hydrolysis) is 1. The van der Waals surface area contributed by atoms with Crippen LogP contribution >= 0.6 is 0 Å². The van der Waals surface area contributed by atoms with Crippen LogP contribution in [-0.2, 0) is 4.74 Å². The molecule has 2 atom stereocenters. The van der Waals surface area contributed by atoms with E-state index >= 15 is 0 Å². The van der Waals surface area contributed by atoms with E-state index in [1.54, 1.807) is 0 Å². The smallest absolute Gasteiger partial charge is 0.408 e. The minimum Gasteiger partial charge on any atom is -0.444 e. The van der Waals surface area contributed by atoms with Crippen LogP contribution in [0, 0.1) is 0 Å². The van der Waals surface area contributed by atoms with Crippen LogP contribution in [0.3, 0.4) is 0 Å². The zero-order valence-corrected chi connectivity index (χ0v) is 20.8. The molecule has 0 fully saturated rings. The summed E-state index contributed by atoms with van der Waals surface area (Å²) < 4.78 is 5.66. The predicted molar refractivity (Wildman–Crippen MR) is 145 cm³/mol. The van der Waals surface area contributed by atoms with Crippen molar-refractivity contribution in [1.82, 2.24) is 5.32 Å². The summed E-state index contributed by atoms with van der Waals surface area (Å²) in [5.41, 5.74) is 6.85. The monoisotopic (exact) mass is 474 g/mol. The van der Waals surface area contributed by atoms with Crippen molar-refractivity contribution in [3.8, 4) is 11.1 Å². The summed E-state index contributed by atoms with van der Waals surface area (Å²) in [5.74, 6) is 0. The van der Waals surface area contributed by atoms with Gasteiger partial charge in [0.2, 0.25) is 0 Å². The molecule has 0 spiro atoms. The zero-order chi connectivity index (χ0) is 25.1. The SMILES string of the molecule is CC(C)(C)OC(=O)N[C@H](c1ccccc1)[C@H](N=C1c2ccccc2-c2ccccc21)c1ccccc1. The number of fused-ring (bicyclic) bond motifs is 3. The molecule has 0 aromatic heterocycles. The molecule has 4 aromatic rings. The fourth-order valence-corrected chi connectivity index (χ4v) is 4.70. The van der Waals surface area contributed by atoms with Crippen LogP contribution in [0.2, 0.25) is 0 Å². The number of hydrogen-bond acceptors (Lipinski definition) is 3. The van der Waals surface area contributed by atoms with Crippen LogP contribution in [-0.4, -0.2) is 17.4 Å². The maximum absolute atomic E-state index is 13.0. The quantitative estimate of drug-likeness (QED) is 0.286. The molecular weight excluding hydrogens is 444 g/mol. The molecule has 5 rings (SSSR count). The molecule has 0 saturated heterocycles. The molecular formula is C32H30N2O2. The number of carbonyl (C=O) groups excluding carboxylic acids is 1. The lowest BCUT2D eigenvalue weighted by atomic mass is 9.93. The minimum atomic E-state index is -0.608. The average Bonchev–Trinajstić information content (AvgIpc) is 3.20. The van der Waals surface area contributed by atoms with E-state index < -0.39 is 17.7 Å². The molecule has 0 saturated carbocycles. The average molecular weight is 475 g/mol. The molecule has 4 heteroatoms. The van der Waals surface area contributed by atoms with Crippen LogP contribution in [0.5, 0.6) is 0 Å². The number of ether oxygens (including phenoxy) is 1. The Bertz CT molecular complexity index is 1340. The Morgan fingerprint density at radius 1 is 0.667 bits per heavy atom. The van der Waals surface area contributed by atoms with Gasteiger partial charge < -0.3 is 10.1 Å². The molecule has 4 nitrogen and oxygen atoms in total.